The summed E-state index contributed by atoms with van der Waals surface area (Å²) in [6.07, 6.45) is 2.44. The lowest BCUT2D eigenvalue weighted by Crippen LogP contribution is -2.51. The highest BCUT2D eigenvalue weighted by atomic mass is 16.2. The number of rotatable bonds is 6. The number of carbonyl (C=O) groups excluding carboxylic acids is 3. The first-order valence-corrected chi connectivity index (χ1v) is 10.2. The first-order valence-electron chi connectivity index (χ1n) is 10.2. The molecular formula is C24H28N2O3. The fraction of sp³-hybridized carbons (Fsp3) is 0.375. The van der Waals surface area contributed by atoms with Gasteiger partial charge in [-0.05, 0) is 60.6 Å². The summed E-state index contributed by atoms with van der Waals surface area (Å²) in [6, 6.07) is 15.0. The largest absolute Gasteiger partial charge is 0.322 e. The highest BCUT2D eigenvalue weighted by Gasteiger charge is 2.42. The van der Waals surface area contributed by atoms with Gasteiger partial charge in [0.2, 0.25) is 11.8 Å². The molecule has 1 saturated heterocycles. The molecule has 2 aromatic carbocycles. The van der Waals surface area contributed by atoms with Crippen molar-refractivity contribution in [3.63, 3.8) is 0 Å². The lowest BCUT2D eigenvalue weighted by atomic mass is 9.72. The highest BCUT2D eigenvalue weighted by molar-refractivity contribution is 6.05. The molecule has 1 aliphatic heterocycles. The van der Waals surface area contributed by atoms with Crippen LogP contribution >= 0.6 is 0 Å². The Bertz CT molecular complexity index is 901. The number of carbonyl (C=O) groups is 3. The van der Waals surface area contributed by atoms with Gasteiger partial charge in [0.15, 0.2) is 0 Å². The van der Waals surface area contributed by atoms with Gasteiger partial charge >= 0.3 is 0 Å². The van der Waals surface area contributed by atoms with Crippen molar-refractivity contribution in [1.29, 1.82) is 0 Å². The molecule has 0 aromatic heterocycles. The van der Waals surface area contributed by atoms with Gasteiger partial charge < -0.3 is 5.32 Å². The number of piperidine rings is 1. The van der Waals surface area contributed by atoms with Crippen molar-refractivity contribution in [2.75, 3.05) is 5.32 Å². The summed E-state index contributed by atoms with van der Waals surface area (Å²) in [7, 11) is 0. The molecule has 2 aromatic rings. The average molecular weight is 392 g/mol. The monoisotopic (exact) mass is 392 g/mol. The lowest BCUT2D eigenvalue weighted by molar-refractivity contribution is -0.138. The van der Waals surface area contributed by atoms with Gasteiger partial charge in [0, 0.05) is 17.7 Å². The maximum Gasteiger partial charge on any atom is 0.255 e. The fourth-order valence-electron chi connectivity index (χ4n) is 3.91. The third-order valence-corrected chi connectivity index (χ3v) is 5.63. The molecule has 1 unspecified atom stereocenters. The van der Waals surface area contributed by atoms with Gasteiger partial charge in [-0.3, -0.25) is 19.7 Å². The van der Waals surface area contributed by atoms with Gasteiger partial charge in [-0.15, -0.1) is 0 Å². The molecule has 29 heavy (non-hydrogen) atoms. The van der Waals surface area contributed by atoms with Crippen LogP contribution in [0.5, 0.6) is 0 Å². The second-order valence-electron chi connectivity index (χ2n) is 8.14. The van der Waals surface area contributed by atoms with Crippen LogP contribution in [0.3, 0.4) is 0 Å². The second-order valence-corrected chi connectivity index (χ2v) is 8.14. The molecule has 0 bridgehead atoms. The number of anilines is 1. The zero-order valence-electron chi connectivity index (χ0n) is 17.2. The van der Waals surface area contributed by atoms with E-state index in [1.807, 2.05) is 55.5 Å². The summed E-state index contributed by atoms with van der Waals surface area (Å²) in [4.78, 5) is 36.5. The summed E-state index contributed by atoms with van der Waals surface area (Å²) in [5.74, 6) is -0.0547. The number of benzene rings is 2. The molecule has 1 aliphatic rings. The predicted octanol–water partition coefficient (Wildman–Crippen LogP) is 4.22. The van der Waals surface area contributed by atoms with Crippen molar-refractivity contribution in [1.82, 2.24) is 5.32 Å². The van der Waals surface area contributed by atoms with Crippen molar-refractivity contribution in [2.24, 2.45) is 5.92 Å². The molecule has 0 saturated carbocycles. The third kappa shape index (κ3) is 4.56. The molecule has 0 spiro atoms. The van der Waals surface area contributed by atoms with E-state index < -0.39 is 5.41 Å². The van der Waals surface area contributed by atoms with E-state index in [1.165, 1.54) is 5.56 Å². The summed E-state index contributed by atoms with van der Waals surface area (Å²) in [5, 5.41) is 5.36. The van der Waals surface area contributed by atoms with Crippen LogP contribution in [-0.4, -0.2) is 17.7 Å². The Hall–Kier alpha value is -2.95. The van der Waals surface area contributed by atoms with Gasteiger partial charge in [-0.2, -0.15) is 0 Å². The third-order valence-electron chi connectivity index (χ3n) is 5.63. The number of imide groups is 1. The molecule has 5 nitrogen and oxygen atoms in total. The summed E-state index contributed by atoms with van der Waals surface area (Å²) in [5.41, 5.74) is 2.67. The lowest BCUT2D eigenvalue weighted by Gasteiger charge is -2.35. The van der Waals surface area contributed by atoms with E-state index in [1.54, 1.807) is 0 Å². The second kappa shape index (κ2) is 8.60. The number of hydrogen-bond acceptors (Lipinski definition) is 3. The molecule has 2 N–H and O–H groups in total. The van der Waals surface area contributed by atoms with Crippen LogP contribution in [0.15, 0.2) is 48.5 Å². The predicted molar refractivity (Wildman–Crippen MR) is 114 cm³/mol. The van der Waals surface area contributed by atoms with Gasteiger partial charge in [0.05, 0.1) is 5.41 Å². The standard InChI is InChI=1S/C24H28N2O3/c1-4-24(14-13-21(27)26-23(24)29)19-9-11-20(12-10-19)25-22(28)18-7-5-17(6-8-18)15-16(2)3/h5-12,16H,4,13-15H2,1-3H3,(H,25,28)(H,26,27,29). The molecule has 5 heteroatoms. The number of amides is 3. The van der Waals surface area contributed by atoms with Gasteiger partial charge in [0.1, 0.15) is 0 Å². The summed E-state index contributed by atoms with van der Waals surface area (Å²) >= 11 is 0. The summed E-state index contributed by atoms with van der Waals surface area (Å²) in [6.45, 7) is 6.29. The normalized spacial score (nSPS) is 19.2. The van der Waals surface area contributed by atoms with E-state index in [0.29, 0.717) is 36.4 Å². The molecule has 1 heterocycles. The number of hydrogen-bond donors (Lipinski definition) is 2. The number of nitrogens with one attached hydrogen (secondary N) is 2. The maximum atomic E-state index is 12.5. The molecule has 1 atom stereocenters. The Morgan fingerprint density at radius 2 is 1.72 bits per heavy atom. The first kappa shape index (κ1) is 20.8. The van der Waals surface area contributed by atoms with Crippen LogP contribution in [0.1, 0.15) is 61.5 Å². The maximum absolute atomic E-state index is 12.5. The van der Waals surface area contributed by atoms with Crippen molar-refractivity contribution in [2.45, 2.75) is 51.9 Å². The molecule has 1 fully saturated rings. The zero-order chi connectivity index (χ0) is 21.0. The Labute approximate surface area is 171 Å². The van der Waals surface area contributed by atoms with Crippen LogP contribution in [0.2, 0.25) is 0 Å². The van der Waals surface area contributed by atoms with E-state index in [0.717, 1.165) is 12.0 Å². The van der Waals surface area contributed by atoms with E-state index in [-0.39, 0.29) is 17.7 Å². The SMILES string of the molecule is CCC1(c2ccc(NC(=O)c3ccc(CC(C)C)cc3)cc2)CCC(=O)NC1=O. The minimum atomic E-state index is -0.692. The van der Waals surface area contributed by atoms with Crippen molar-refractivity contribution in [3.8, 4) is 0 Å². The Morgan fingerprint density at radius 3 is 2.28 bits per heavy atom. The van der Waals surface area contributed by atoms with E-state index in [9.17, 15) is 14.4 Å². The van der Waals surface area contributed by atoms with E-state index in [2.05, 4.69) is 24.5 Å². The van der Waals surface area contributed by atoms with Crippen LogP contribution < -0.4 is 10.6 Å². The first-order chi connectivity index (χ1) is 13.8. The molecule has 0 aliphatic carbocycles. The van der Waals surface area contributed by atoms with Crippen molar-refractivity contribution >= 4 is 23.4 Å². The van der Waals surface area contributed by atoms with Crippen molar-refractivity contribution < 1.29 is 14.4 Å². The van der Waals surface area contributed by atoms with Gasteiger partial charge in [-0.1, -0.05) is 45.0 Å². The van der Waals surface area contributed by atoms with Crippen LogP contribution in [0.4, 0.5) is 5.69 Å². The molecule has 3 amide bonds. The quantitative estimate of drug-likeness (QED) is 0.723. The minimum absolute atomic E-state index is 0.167. The van der Waals surface area contributed by atoms with Crippen LogP contribution in [0.25, 0.3) is 0 Å². The summed E-state index contributed by atoms with van der Waals surface area (Å²) < 4.78 is 0. The van der Waals surface area contributed by atoms with Crippen LogP contribution in [-0.2, 0) is 21.4 Å². The Balaban J connectivity index is 1.71. The van der Waals surface area contributed by atoms with Gasteiger partial charge in [0.25, 0.3) is 5.91 Å². The molecular weight excluding hydrogens is 364 g/mol. The molecule has 0 radical (unpaired) electrons. The van der Waals surface area contributed by atoms with E-state index >= 15 is 0 Å². The van der Waals surface area contributed by atoms with E-state index in [4.69, 9.17) is 0 Å². The Morgan fingerprint density at radius 1 is 1.07 bits per heavy atom. The minimum Gasteiger partial charge on any atom is -0.322 e. The topological polar surface area (TPSA) is 75.3 Å². The molecule has 3 rings (SSSR count). The highest BCUT2D eigenvalue weighted by Crippen LogP contribution is 2.36. The Kier molecular flexibility index (Phi) is 6.16. The zero-order valence-corrected chi connectivity index (χ0v) is 17.2. The van der Waals surface area contributed by atoms with Gasteiger partial charge in [-0.25, -0.2) is 0 Å². The van der Waals surface area contributed by atoms with Crippen LogP contribution in [0, 0.1) is 5.92 Å². The average Bonchev–Trinajstić information content (AvgIpc) is 2.69. The van der Waals surface area contributed by atoms with Crippen molar-refractivity contribution in [3.05, 3.63) is 65.2 Å². The molecule has 152 valence electrons. The smallest absolute Gasteiger partial charge is 0.255 e. The fourth-order valence-corrected chi connectivity index (χ4v) is 3.91.